The normalized spacial score (nSPS) is 11.3. The van der Waals surface area contributed by atoms with Crippen molar-refractivity contribution >= 4 is 16.7 Å². The van der Waals surface area contributed by atoms with Gasteiger partial charge in [0.25, 0.3) is 0 Å². The number of halogens is 2. The maximum absolute atomic E-state index is 14.5. The number of rotatable bonds is 4. The molecule has 3 rings (SSSR count). The molecule has 0 fully saturated rings. The molecule has 3 aromatic rings. The second kappa shape index (κ2) is 6.39. The zero-order valence-electron chi connectivity index (χ0n) is 13.2. The molecule has 0 aromatic heterocycles. The van der Waals surface area contributed by atoms with Crippen LogP contribution in [0.5, 0.6) is 17.2 Å². The minimum atomic E-state index is -3.60. The van der Waals surface area contributed by atoms with Gasteiger partial charge in [-0.15, -0.1) is 0 Å². The quantitative estimate of drug-likeness (QED) is 0.555. The predicted molar refractivity (Wildman–Crippen MR) is 87.9 cm³/mol. The molecule has 0 unspecified atom stereocenters. The minimum absolute atomic E-state index is 0.0167. The van der Waals surface area contributed by atoms with E-state index in [1.165, 1.54) is 31.2 Å². The van der Waals surface area contributed by atoms with E-state index in [0.29, 0.717) is 10.8 Å². The lowest BCUT2D eigenvalue weighted by molar-refractivity contribution is -0.184. The van der Waals surface area contributed by atoms with E-state index in [0.717, 1.165) is 12.1 Å². The zero-order chi connectivity index (χ0) is 18.0. The summed E-state index contributed by atoms with van der Waals surface area (Å²) in [6, 6.07) is 13.9. The molecular weight excluding hydrogens is 330 g/mol. The predicted octanol–water partition coefficient (Wildman–Crippen LogP) is 4.60. The van der Waals surface area contributed by atoms with E-state index in [2.05, 4.69) is 0 Å². The number of carbonyl (C=O) groups is 1. The smallest absolute Gasteiger partial charge is 0.426 e. The van der Waals surface area contributed by atoms with Gasteiger partial charge in [0.1, 0.15) is 17.2 Å². The number of hydrogen-bond donors (Lipinski definition) is 1. The summed E-state index contributed by atoms with van der Waals surface area (Å²) in [6.45, 7) is 1.22. The van der Waals surface area contributed by atoms with Crippen molar-refractivity contribution in [1.29, 1.82) is 0 Å². The van der Waals surface area contributed by atoms with Crippen LogP contribution >= 0.6 is 0 Å². The Bertz CT molecular complexity index is 920. The highest BCUT2D eigenvalue weighted by molar-refractivity contribution is 5.93. The average Bonchev–Trinajstić information content (AvgIpc) is 2.57. The zero-order valence-corrected chi connectivity index (χ0v) is 13.2. The van der Waals surface area contributed by atoms with Gasteiger partial charge in [-0.05, 0) is 36.4 Å². The van der Waals surface area contributed by atoms with Gasteiger partial charge in [0.15, 0.2) is 0 Å². The molecule has 128 valence electrons. The number of aromatic hydroxyl groups is 1. The van der Waals surface area contributed by atoms with Crippen molar-refractivity contribution in [2.24, 2.45) is 0 Å². The van der Waals surface area contributed by atoms with Gasteiger partial charge >= 0.3 is 12.1 Å². The monoisotopic (exact) mass is 344 g/mol. The minimum Gasteiger partial charge on any atom is -0.507 e. The topological polar surface area (TPSA) is 55.8 Å². The van der Waals surface area contributed by atoms with E-state index in [4.69, 9.17) is 9.47 Å². The van der Waals surface area contributed by atoms with Gasteiger partial charge in [0.2, 0.25) is 0 Å². The number of esters is 1. The van der Waals surface area contributed by atoms with Crippen LogP contribution in [0.4, 0.5) is 8.78 Å². The fourth-order valence-corrected chi connectivity index (χ4v) is 2.42. The molecule has 0 saturated heterocycles. The average molecular weight is 344 g/mol. The summed E-state index contributed by atoms with van der Waals surface area (Å²) < 4.78 is 38.7. The number of ether oxygens (including phenoxy) is 2. The van der Waals surface area contributed by atoms with Crippen LogP contribution in [-0.4, -0.2) is 11.1 Å². The molecule has 0 heterocycles. The van der Waals surface area contributed by atoms with E-state index >= 15 is 0 Å². The molecule has 0 atom stereocenters. The Balaban J connectivity index is 1.91. The molecule has 0 radical (unpaired) electrons. The van der Waals surface area contributed by atoms with Crippen LogP contribution in [0, 0.1) is 0 Å². The van der Waals surface area contributed by atoms with Crippen molar-refractivity contribution in [3.05, 3.63) is 66.2 Å². The van der Waals surface area contributed by atoms with E-state index < -0.39 is 12.1 Å². The van der Waals surface area contributed by atoms with E-state index in [9.17, 15) is 18.7 Å². The van der Waals surface area contributed by atoms with Gasteiger partial charge in [-0.25, -0.2) is 0 Å². The van der Waals surface area contributed by atoms with Gasteiger partial charge in [-0.3, -0.25) is 4.79 Å². The number of alkyl halides is 2. The van der Waals surface area contributed by atoms with Crippen LogP contribution < -0.4 is 9.47 Å². The molecule has 0 aliphatic rings. The summed E-state index contributed by atoms with van der Waals surface area (Å²) in [6.07, 6.45) is -3.60. The number of benzene rings is 3. The first kappa shape index (κ1) is 16.7. The van der Waals surface area contributed by atoms with Crippen molar-refractivity contribution in [1.82, 2.24) is 0 Å². The van der Waals surface area contributed by atoms with Crippen LogP contribution in [0.1, 0.15) is 12.5 Å². The van der Waals surface area contributed by atoms with Crippen LogP contribution in [-0.2, 0) is 10.9 Å². The molecule has 0 aliphatic carbocycles. The van der Waals surface area contributed by atoms with Gasteiger partial charge in [0.05, 0.1) is 5.56 Å². The maximum Gasteiger partial charge on any atom is 0.426 e. The summed E-state index contributed by atoms with van der Waals surface area (Å²) in [7, 11) is 0. The molecule has 0 amide bonds. The number of phenols is 1. The van der Waals surface area contributed by atoms with E-state index in [1.807, 2.05) is 0 Å². The summed E-state index contributed by atoms with van der Waals surface area (Å²) in [5.41, 5.74) is -0.388. The van der Waals surface area contributed by atoms with E-state index in [1.54, 1.807) is 24.3 Å². The third-order valence-electron chi connectivity index (χ3n) is 3.55. The third-order valence-corrected chi connectivity index (χ3v) is 3.55. The molecule has 1 N–H and O–H groups in total. The summed E-state index contributed by atoms with van der Waals surface area (Å²) in [4.78, 5) is 10.9. The Labute approximate surface area is 142 Å². The summed E-state index contributed by atoms with van der Waals surface area (Å²) >= 11 is 0. The van der Waals surface area contributed by atoms with Crippen LogP contribution in [0.3, 0.4) is 0 Å². The summed E-state index contributed by atoms with van der Waals surface area (Å²) in [5, 5.41) is 10.6. The van der Waals surface area contributed by atoms with Gasteiger partial charge in [0, 0.05) is 17.7 Å². The Morgan fingerprint density at radius 2 is 1.60 bits per heavy atom. The first-order valence-corrected chi connectivity index (χ1v) is 7.43. The molecule has 0 spiro atoms. The Morgan fingerprint density at radius 1 is 0.960 bits per heavy atom. The molecule has 0 bridgehead atoms. The standard InChI is InChI=1S/C19H14F2O4/c1-12(22)24-14-8-6-13(7-9-14)19(20,21)25-18-11-10-17(23)15-4-2-3-5-16(15)18/h2-11,23H,1H3. The number of fused-ring (bicyclic) bond motifs is 1. The highest BCUT2D eigenvalue weighted by Crippen LogP contribution is 2.38. The lowest BCUT2D eigenvalue weighted by Gasteiger charge is -2.20. The number of hydrogen-bond acceptors (Lipinski definition) is 4. The first-order chi connectivity index (χ1) is 11.9. The molecular formula is C19H14F2O4. The fraction of sp³-hybridized carbons (Fsp3) is 0.105. The Kier molecular flexibility index (Phi) is 4.27. The summed E-state index contributed by atoms with van der Waals surface area (Å²) in [5.74, 6) is -0.437. The van der Waals surface area contributed by atoms with Crippen molar-refractivity contribution < 1.29 is 28.2 Å². The SMILES string of the molecule is CC(=O)Oc1ccc(C(F)(F)Oc2ccc(O)c3ccccc23)cc1. The number of phenolic OH excluding ortho intramolecular Hbond substituents is 1. The van der Waals surface area contributed by atoms with Crippen molar-refractivity contribution in [2.75, 3.05) is 0 Å². The molecule has 6 heteroatoms. The number of carbonyl (C=O) groups excluding carboxylic acids is 1. The largest absolute Gasteiger partial charge is 0.507 e. The van der Waals surface area contributed by atoms with E-state index in [-0.39, 0.29) is 22.8 Å². The third kappa shape index (κ3) is 3.52. The van der Waals surface area contributed by atoms with Crippen LogP contribution in [0.2, 0.25) is 0 Å². The lowest BCUT2D eigenvalue weighted by atomic mass is 10.1. The molecule has 4 nitrogen and oxygen atoms in total. The van der Waals surface area contributed by atoms with Crippen molar-refractivity contribution in [3.63, 3.8) is 0 Å². The molecule has 0 saturated carbocycles. The second-order valence-corrected chi connectivity index (χ2v) is 5.37. The molecule has 0 aliphatic heterocycles. The fourth-order valence-electron chi connectivity index (χ4n) is 2.42. The highest BCUT2D eigenvalue weighted by atomic mass is 19.3. The highest BCUT2D eigenvalue weighted by Gasteiger charge is 2.35. The second-order valence-electron chi connectivity index (χ2n) is 5.37. The van der Waals surface area contributed by atoms with Gasteiger partial charge in [-0.1, -0.05) is 24.3 Å². The van der Waals surface area contributed by atoms with Crippen LogP contribution in [0.15, 0.2) is 60.7 Å². The van der Waals surface area contributed by atoms with Gasteiger partial charge < -0.3 is 14.6 Å². The van der Waals surface area contributed by atoms with Crippen molar-refractivity contribution in [2.45, 2.75) is 13.0 Å². The first-order valence-electron chi connectivity index (χ1n) is 7.43. The lowest BCUT2D eigenvalue weighted by Crippen LogP contribution is -2.22. The Hall–Kier alpha value is -3.15. The Morgan fingerprint density at radius 3 is 2.24 bits per heavy atom. The van der Waals surface area contributed by atoms with Gasteiger partial charge in [-0.2, -0.15) is 8.78 Å². The van der Waals surface area contributed by atoms with Crippen LogP contribution in [0.25, 0.3) is 10.8 Å². The molecule has 3 aromatic carbocycles. The van der Waals surface area contributed by atoms with Crippen molar-refractivity contribution in [3.8, 4) is 17.2 Å². The maximum atomic E-state index is 14.5. The molecule has 25 heavy (non-hydrogen) atoms.